The molecule has 7 nitrogen and oxygen atoms in total. The van der Waals surface area contributed by atoms with Crippen LogP contribution in [0.1, 0.15) is 12.5 Å². The minimum absolute atomic E-state index is 0.0851. The molecule has 0 fully saturated rings. The Morgan fingerprint density at radius 3 is 2.38 bits per heavy atom. The zero-order valence-electron chi connectivity index (χ0n) is 15.3. The summed E-state index contributed by atoms with van der Waals surface area (Å²) in [5.41, 5.74) is 1.29. The van der Waals surface area contributed by atoms with Gasteiger partial charge in [0.1, 0.15) is 0 Å². The van der Waals surface area contributed by atoms with E-state index in [-0.39, 0.29) is 16.8 Å². The Bertz CT molecular complexity index is 1090. The van der Waals surface area contributed by atoms with Crippen molar-refractivity contribution in [3.8, 4) is 0 Å². The molecule has 0 unspecified atom stereocenters. The fourth-order valence-electron chi connectivity index (χ4n) is 2.99. The summed E-state index contributed by atoms with van der Waals surface area (Å²) < 4.78 is 4.85. The molecule has 2 aromatic carbocycles. The van der Waals surface area contributed by atoms with E-state index >= 15 is 0 Å². The van der Waals surface area contributed by atoms with Crippen molar-refractivity contribution in [2.75, 3.05) is 12.0 Å². The second-order valence-electron chi connectivity index (χ2n) is 6.09. The number of rotatable bonds is 4. The van der Waals surface area contributed by atoms with Crippen LogP contribution in [0.5, 0.6) is 0 Å². The van der Waals surface area contributed by atoms with Gasteiger partial charge in [-0.2, -0.15) is 0 Å². The van der Waals surface area contributed by atoms with Gasteiger partial charge < -0.3 is 4.74 Å². The van der Waals surface area contributed by atoms with Crippen LogP contribution < -0.4 is 4.90 Å². The number of esters is 1. The molecule has 0 saturated carbocycles. The number of amides is 1. The fourth-order valence-corrected chi connectivity index (χ4v) is 3.45. The van der Waals surface area contributed by atoms with Crippen LogP contribution in [0.3, 0.4) is 0 Å². The van der Waals surface area contributed by atoms with Crippen molar-refractivity contribution in [1.29, 1.82) is 0 Å². The minimum Gasteiger partial charge on any atom is -0.465 e. The van der Waals surface area contributed by atoms with Gasteiger partial charge >= 0.3 is 5.97 Å². The average Bonchev–Trinajstić information content (AvgIpc) is 2.93. The summed E-state index contributed by atoms with van der Waals surface area (Å²) in [5, 5.41) is 11.6. The normalized spacial score (nSPS) is 15.2. The Balaban J connectivity index is 2.12. The first-order chi connectivity index (χ1) is 13.7. The summed E-state index contributed by atoms with van der Waals surface area (Å²) >= 11 is 12.1. The second-order valence-corrected chi connectivity index (χ2v) is 6.93. The molecular weight excluding hydrogens is 419 g/mol. The molecule has 148 valence electrons. The van der Waals surface area contributed by atoms with E-state index in [1.165, 1.54) is 48.4 Å². The van der Waals surface area contributed by atoms with Crippen molar-refractivity contribution in [1.82, 2.24) is 0 Å². The number of benzene rings is 2. The Kier molecular flexibility index (Phi) is 5.72. The standard InChI is InChI=1S/C20H14Cl2N2O5/c1-11-18(20(26)29-2)16(9-12-3-4-13(21)10-17(12)22)19(25)23(11)14-5-7-15(8-6-14)24(27)28/h3-10H,1-2H3/b16-9-. The first-order valence-electron chi connectivity index (χ1n) is 8.29. The predicted octanol–water partition coefficient (Wildman–Crippen LogP) is 4.78. The molecule has 3 rings (SSSR count). The van der Waals surface area contributed by atoms with E-state index in [0.717, 1.165) is 0 Å². The lowest BCUT2D eigenvalue weighted by molar-refractivity contribution is -0.384. The summed E-state index contributed by atoms with van der Waals surface area (Å²) in [6.07, 6.45) is 1.49. The van der Waals surface area contributed by atoms with Gasteiger partial charge in [0.25, 0.3) is 11.6 Å². The zero-order chi connectivity index (χ0) is 21.3. The number of nitro groups is 1. The fraction of sp³-hybridized carbons (Fsp3) is 0.100. The molecule has 0 spiro atoms. The van der Waals surface area contributed by atoms with Gasteiger partial charge in [-0.3, -0.25) is 19.8 Å². The molecule has 0 N–H and O–H groups in total. The molecule has 29 heavy (non-hydrogen) atoms. The van der Waals surface area contributed by atoms with Gasteiger partial charge in [-0.1, -0.05) is 29.3 Å². The third-order valence-electron chi connectivity index (χ3n) is 4.37. The molecule has 9 heteroatoms. The maximum atomic E-state index is 13.2. The summed E-state index contributed by atoms with van der Waals surface area (Å²) in [6, 6.07) is 10.2. The highest BCUT2D eigenvalue weighted by Crippen LogP contribution is 2.37. The van der Waals surface area contributed by atoms with Crippen molar-refractivity contribution in [3.05, 3.63) is 85.0 Å². The molecule has 0 radical (unpaired) electrons. The van der Waals surface area contributed by atoms with Gasteiger partial charge in [-0.05, 0) is 42.8 Å². The minimum atomic E-state index is -0.684. The van der Waals surface area contributed by atoms with Gasteiger partial charge in [0.05, 0.1) is 23.2 Å². The molecule has 1 aliphatic rings. The van der Waals surface area contributed by atoms with Crippen molar-refractivity contribution < 1.29 is 19.2 Å². The number of methoxy groups -OCH3 is 1. The smallest absolute Gasteiger partial charge is 0.340 e. The molecule has 0 atom stereocenters. The largest absolute Gasteiger partial charge is 0.465 e. The Morgan fingerprint density at radius 2 is 1.83 bits per heavy atom. The highest BCUT2D eigenvalue weighted by molar-refractivity contribution is 6.36. The van der Waals surface area contributed by atoms with E-state index < -0.39 is 16.8 Å². The van der Waals surface area contributed by atoms with Crippen molar-refractivity contribution in [3.63, 3.8) is 0 Å². The first kappa shape index (κ1) is 20.6. The first-order valence-corrected chi connectivity index (χ1v) is 9.05. The van der Waals surface area contributed by atoms with E-state index in [0.29, 0.717) is 27.0 Å². The maximum absolute atomic E-state index is 13.2. The quantitative estimate of drug-likeness (QED) is 0.300. The molecule has 0 aliphatic carbocycles. The molecule has 1 aliphatic heterocycles. The number of nitro benzene ring substituents is 1. The number of allylic oxidation sites excluding steroid dienone is 1. The van der Waals surface area contributed by atoms with Crippen LogP contribution in [-0.2, 0) is 14.3 Å². The maximum Gasteiger partial charge on any atom is 0.340 e. The molecule has 2 aromatic rings. The van der Waals surface area contributed by atoms with Crippen LogP contribution in [0.15, 0.2) is 59.3 Å². The van der Waals surface area contributed by atoms with Gasteiger partial charge in [-0.15, -0.1) is 0 Å². The Hall–Kier alpha value is -3.16. The zero-order valence-corrected chi connectivity index (χ0v) is 16.8. The Morgan fingerprint density at radius 1 is 1.17 bits per heavy atom. The molecule has 1 heterocycles. The summed E-state index contributed by atoms with van der Waals surface area (Å²) in [5.74, 6) is -1.17. The topological polar surface area (TPSA) is 89.8 Å². The monoisotopic (exact) mass is 432 g/mol. The third-order valence-corrected chi connectivity index (χ3v) is 4.93. The van der Waals surface area contributed by atoms with Crippen LogP contribution in [0.4, 0.5) is 11.4 Å². The van der Waals surface area contributed by atoms with Crippen LogP contribution in [0.2, 0.25) is 10.0 Å². The van der Waals surface area contributed by atoms with Crippen LogP contribution in [-0.4, -0.2) is 23.9 Å². The molecule has 0 bridgehead atoms. The number of carbonyl (C=O) groups is 2. The van der Waals surface area contributed by atoms with Crippen LogP contribution >= 0.6 is 23.2 Å². The lowest BCUT2D eigenvalue weighted by atomic mass is 10.0. The van der Waals surface area contributed by atoms with Gasteiger partial charge in [0.15, 0.2) is 0 Å². The van der Waals surface area contributed by atoms with Gasteiger partial charge in [0.2, 0.25) is 0 Å². The predicted molar refractivity (Wildman–Crippen MR) is 110 cm³/mol. The number of halogens is 2. The number of ether oxygens (including phenoxy) is 1. The second kappa shape index (κ2) is 8.06. The molecular formula is C20H14Cl2N2O5. The van der Waals surface area contributed by atoms with E-state index in [4.69, 9.17) is 27.9 Å². The number of nitrogens with zero attached hydrogens (tertiary/aromatic N) is 2. The number of carbonyl (C=O) groups excluding carboxylic acids is 2. The van der Waals surface area contributed by atoms with E-state index in [1.807, 2.05) is 0 Å². The highest BCUT2D eigenvalue weighted by Gasteiger charge is 2.38. The highest BCUT2D eigenvalue weighted by atomic mass is 35.5. The van der Waals surface area contributed by atoms with E-state index in [9.17, 15) is 19.7 Å². The number of hydrogen-bond acceptors (Lipinski definition) is 5. The SMILES string of the molecule is COC(=O)C1=C(C)N(c2ccc([N+](=O)[O-])cc2)C(=O)/C1=C\c1ccc(Cl)cc1Cl. The van der Waals surface area contributed by atoms with Gasteiger partial charge in [-0.25, -0.2) is 4.79 Å². The Labute approximate surface area is 175 Å². The van der Waals surface area contributed by atoms with Crippen LogP contribution in [0.25, 0.3) is 6.08 Å². The summed E-state index contributed by atoms with van der Waals surface area (Å²) in [6.45, 7) is 1.59. The van der Waals surface area contributed by atoms with E-state index in [1.54, 1.807) is 19.1 Å². The lowest BCUT2D eigenvalue weighted by Crippen LogP contribution is -2.24. The third kappa shape index (κ3) is 3.87. The number of hydrogen-bond donors (Lipinski definition) is 0. The summed E-state index contributed by atoms with van der Waals surface area (Å²) in [4.78, 5) is 37.2. The van der Waals surface area contributed by atoms with Crippen LogP contribution in [0, 0.1) is 10.1 Å². The number of anilines is 1. The molecule has 0 aromatic heterocycles. The molecule has 1 amide bonds. The van der Waals surface area contributed by atoms with Crippen molar-refractivity contribution in [2.24, 2.45) is 0 Å². The van der Waals surface area contributed by atoms with Crippen molar-refractivity contribution >= 4 is 52.5 Å². The number of non-ortho nitro benzene ring substituents is 1. The average molecular weight is 433 g/mol. The lowest BCUT2D eigenvalue weighted by Gasteiger charge is -2.17. The van der Waals surface area contributed by atoms with Crippen molar-refractivity contribution in [2.45, 2.75) is 6.92 Å². The van der Waals surface area contributed by atoms with Gasteiger partial charge in [0, 0.05) is 33.6 Å². The molecule has 0 saturated heterocycles. The summed E-state index contributed by atoms with van der Waals surface area (Å²) in [7, 11) is 1.22. The van der Waals surface area contributed by atoms with E-state index in [2.05, 4.69) is 0 Å².